The summed E-state index contributed by atoms with van der Waals surface area (Å²) in [5.74, 6) is 0.736. The van der Waals surface area contributed by atoms with Crippen molar-refractivity contribution in [2.45, 2.75) is 32.9 Å². The molecule has 1 amide bonds. The van der Waals surface area contributed by atoms with Crippen molar-refractivity contribution in [2.75, 3.05) is 13.1 Å². The van der Waals surface area contributed by atoms with Crippen LogP contribution in [0.3, 0.4) is 0 Å². The summed E-state index contributed by atoms with van der Waals surface area (Å²) in [5.41, 5.74) is 3.00. The molecule has 0 saturated carbocycles. The smallest absolute Gasteiger partial charge is 0.251 e. The molecule has 1 aliphatic heterocycles. The van der Waals surface area contributed by atoms with Gasteiger partial charge in [0.05, 0.1) is 0 Å². The van der Waals surface area contributed by atoms with E-state index in [0.717, 1.165) is 18.0 Å². The SMILES string of the molecule is CC1CCCN(Cc2ccc(C(=O)NCc3ccc(Cl)cc3)cc2)C1. The van der Waals surface area contributed by atoms with Crippen LogP contribution in [0, 0.1) is 5.92 Å². The van der Waals surface area contributed by atoms with Crippen molar-refractivity contribution in [3.8, 4) is 0 Å². The number of rotatable bonds is 5. The molecule has 3 nitrogen and oxygen atoms in total. The van der Waals surface area contributed by atoms with Gasteiger partial charge in [-0.05, 0) is 60.7 Å². The van der Waals surface area contributed by atoms with E-state index in [1.165, 1.54) is 31.5 Å². The number of carbonyl (C=O) groups is 1. The van der Waals surface area contributed by atoms with Gasteiger partial charge in [-0.1, -0.05) is 42.8 Å². The number of benzene rings is 2. The predicted molar refractivity (Wildman–Crippen MR) is 103 cm³/mol. The summed E-state index contributed by atoms with van der Waals surface area (Å²) in [4.78, 5) is 14.8. The van der Waals surface area contributed by atoms with Crippen LogP contribution in [0.1, 0.15) is 41.3 Å². The van der Waals surface area contributed by atoms with E-state index >= 15 is 0 Å². The first-order chi connectivity index (χ1) is 12.1. The number of nitrogens with zero attached hydrogens (tertiary/aromatic N) is 1. The minimum Gasteiger partial charge on any atom is -0.348 e. The largest absolute Gasteiger partial charge is 0.348 e. The van der Waals surface area contributed by atoms with Crippen LogP contribution in [0.4, 0.5) is 0 Å². The Morgan fingerprint density at radius 2 is 1.80 bits per heavy atom. The van der Waals surface area contributed by atoms with Gasteiger partial charge >= 0.3 is 0 Å². The van der Waals surface area contributed by atoms with Crippen molar-refractivity contribution < 1.29 is 4.79 Å². The van der Waals surface area contributed by atoms with Crippen LogP contribution in [0.25, 0.3) is 0 Å². The highest BCUT2D eigenvalue weighted by Crippen LogP contribution is 2.18. The molecule has 1 heterocycles. The molecule has 1 N–H and O–H groups in total. The first kappa shape index (κ1) is 18.0. The maximum absolute atomic E-state index is 12.3. The highest BCUT2D eigenvalue weighted by atomic mass is 35.5. The first-order valence-electron chi connectivity index (χ1n) is 8.94. The van der Waals surface area contributed by atoms with Gasteiger partial charge in [0.15, 0.2) is 0 Å². The molecular formula is C21H25ClN2O. The second-order valence-electron chi connectivity index (χ2n) is 6.99. The summed E-state index contributed by atoms with van der Waals surface area (Å²) in [6.45, 7) is 6.14. The number of hydrogen-bond donors (Lipinski definition) is 1. The van der Waals surface area contributed by atoms with E-state index in [9.17, 15) is 4.79 Å². The van der Waals surface area contributed by atoms with Gasteiger partial charge in [-0.25, -0.2) is 0 Å². The fraction of sp³-hybridized carbons (Fsp3) is 0.381. The summed E-state index contributed by atoms with van der Waals surface area (Å²) in [5, 5.41) is 3.65. The molecule has 1 fully saturated rings. The van der Waals surface area contributed by atoms with Crippen molar-refractivity contribution in [3.05, 3.63) is 70.2 Å². The summed E-state index contributed by atoms with van der Waals surface area (Å²) in [6.07, 6.45) is 2.62. The molecule has 2 aromatic carbocycles. The van der Waals surface area contributed by atoms with E-state index in [4.69, 9.17) is 11.6 Å². The quantitative estimate of drug-likeness (QED) is 0.855. The maximum Gasteiger partial charge on any atom is 0.251 e. The number of hydrogen-bond acceptors (Lipinski definition) is 2. The lowest BCUT2D eigenvalue weighted by Gasteiger charge is -2.30. The highest BCUT2D eigenvalue weighted by molar-refractivity contribution is 6.30. The van der Waals surface area contributed by atoms with Crippen LogP contribution in [0.2, 0.25) is 5.02 Å². The predicted octanol–water partition coefficient (Wildman–Crippen LogP) is 4.50. The normalized spacial score (nSPS) is 18.1. The molecule has 0 bridgehead atoms. The van der Waals surface area contributed by atoms with E-state index in [-0.39, 0.29) is 5.91 Å². The van der Waals surface area contributed by atoms with Gasteiger partial charge in [0.1, 0.15) is 0 Å². The van der Waals surface area contributed by atoms with Gasteiger partial charge in [0.25, 0.3) is 5.91 Å². The molecule has 0 aromatic heterocycles. The minimum absolute atomic E-state index is 0.0481. The Kier molecular flexibility index (Phi) is 6.11. The zero-order chi connectivity index (χ0) is 17.6. The van der Waals surface area contributed by atoms with E-state index in [1.54, 1.807) is 0 Å². The third kappa shape index (κ3) is 5.32. The van der Waals surface area contributed by atoms with Gasteiger partial charge in [-0.15, -0.1) is 0 Å². The lowest BCUT2D eigenvalue weighted by atomic mass is 9.99. The molecule has 1 saturated heterocycles. The van der Waals surface area contributed by atoms with E-state index in [1.807, 2.05) is 36.4 Å². The van der Waals surface area contributed by atoms with Crippen LogP contribution in [-0.2, 0) is 13.1 Å². The molecule has 0 radical (unpaired) electrons. The number of carbonyl (C=O) groups excluding carboxylic acids is 1. The van der Waals surface area contributed by atoms with Crippen molar-refractivity contribution in [1.29, 1.82) is 0 Å². The Morgan fingerprint density at radius 1 is 1.12 bits per heavy atom. The summed E-state index contributed by atoms with van der Waals surface area (Å²) < 4.78 is 0. The number of likely N-dealkylation sites (tertiary alicyclic amines) is 1. The average Bonchev–Trinajstić information content (AvgIpc) is 2.62. The molecule has 0 aliphatic carbocycles. The monoisotopic (exact) mass is 356 g/mol. The summed E-state index contributed by atoms with van der Waals surface area (Å²) in [6, 6.07) is 15.5. The lowest BCUT2D eigenvalue weighted by molar-refractivity contribution is 0.0951. The Morgan fingerprint density at radius 3 is 2.48 bits per heavy atom. The molecule has 132 valence electrons. The Bertz CT molecular complexity index is 697. The topological polar surface area (TPSA) is 32.3 Å². The standard InChI is InChI=1S/C21H25ClN2O/c1-16-3-2-12-24(14-16)15-18-4-8-19(9-5-18)21(25)23-13-17-6-10-20(22)11-7-17/h4-11,16H,2-3,12-15H2,1H3,(H,23,25). The van der Waals surface area contributed by atoms with Crippen molar-refractivity contribution in [1.82, 2.24) is 10.2 Å². The van der Waals surface area contributed by atoms with Gasteiger partial charge < -0.3 is 5.32 Å². The van der Waals surface area contributed by atoms with E-state index in [0.29, 0.717) is 17.1 Å². The second kappa shape index (κ2) is 8.50. The first-order valence-corrected chi connectivity index (χ1v) is 9.32. The average molecular weight is 357 g/mol. The Hall–Kier alpha value is -1.84. The number of nitrogens with one attached hydrogen (secondary N) is 1. The van der Waals surface area contributed by atoms with Crippen LogP contribution >= 0.6 is 11.6 Å². The molecule has 1 aliphatic rings. The van der Waals surface area contributed by atoms with Crippen molar-refractivity contribution >= 4 is 17.5 Å². The van der Waals surface area contributed by atoms with Gasteiger partial charge in [0, 0.05) is 30.2 Å². The van der Waals surface area contributed by atoms with Crippen molar-refractivity contribution in [3.63, 3.8) is 0 Å². The third-order valence-electron chi connectivity index (χ3n) is 4.73. The van der Waals surface area contributed by atoms with Crippen molar-refractivity contribution in [2.24, 2.45) is 5.92 Å². The maximum atomic E-state index is 12.3. The van der Waals surface area contributed by atoms with E-state index in [2.05, 4.69) is 29.3 Å². The molecule has 0 spiro atoms. The molecule has 1 unspecified atom stereocenters. The number of piperidine rings is 1. The zero-order valence-corrected chi connectivity index (χ0v) is 15.4. The highest BCUT2D eigenvalue weighted by Gasteiger charge is 2.16. The fourth-order valence-electron chi connectivity index (χ4n) is 3.34. The molecule has 1 atom stereocenters. The van der Waals surface area contributed by atoms with Gasteiger partial charge in [-0.3, -0.25) is 9.69 Å². The minimum atomic E-state index is -0.0481. The van der Waals surface area contributed by atoms with Crippen LogP contribution in [0.5, 0.6) is 0 Å². The van der Waals surface area contributed by atoms with Gasteiger partial charge in [-0.2, -0.15) is 0 Å². The lowest BCUT2D eigenvalue weighted by Crippen LogP contribution is -2.33. The van der Waals surface area contributed by atoms with Crippen LogP contribution in [-0.4, -0.2) is 23.9 Å². The second-order valence-corrected chi connectivity index (χ2v) is 7.43. The third-order valence-corrected chi connectivity index (χ3v) is 4.98. The molecule has 2 aromatic rings. The number of amides is 1. The molecular weight excluding hydrogens is 332 g/mol. The van der Waals surface area contributed by atoms with Crippen LogP contribution in [0.15, 0.2) is 48.5 Å². The summed E-state index contributed by atoms with van der Waals surface area (Å²) in [7, 11) is 0. The van der Waals surface area contributed by atoms with E-state index < -0.39 is 0 Å². The molecule has 4 heteroatoms. The summed E-state index contributed by atoms with van der Waals surface area (Å²) >= 11 is 5.87. The fourth-order valence-corrected chi connectivity index (χ4v) is 3.46. The number of halogens is 1. The molecule has 25 heavy (non-hydrogen) atoms. The zero-order valence-electron chi connectivity index (χ0n) is 14.7. The van der Waals surface area contributed by atoms with Crippen LogP contribution < -0.4 is 5.32 Å². The Balaban J connectivity index is 1.52. The molecule has 3 rings (SSSR count). The van der Waals surface area contributed by atoms with Gasteiger partial charge in [0.2, 0.25) is 0 Å². The Labute approximate surface area is 155 Å².